The number of furan rings is 1. The van der Waals surface area contributed by atoms with Gasteiger partial charge in [-0.25, -0.2) is 4.90 Å². The van der Waals surface area contributed by atoms with Crippen molar-refractivity contribution in [2.24, 2.45) is 5.92 Å². The number of rotatable bonds is 6. The molecule has 1 saturated heterocycles. The summed E-state index contributed by atoms with van der Waals surface area (Å²) in [7, 11) is 0. The molecule has 2 aliphatic rings. The van der Waals surface area contributed by atoms with Crippen molar-refractivity contribution < 1.29 is 23.7 Å². The largest absolute Gasteiger partial charge is 0.469 e. The molecule has 3 amide bonds. The van der Waals surface area contributed by atoms with Gasteiger partial charge in [-0.2, -0.15) is 0 Å². The molecule has 214 valence electrons. The summed E-state index contributed by atoms with van der Waals surface area (Å²) >= 11 is 1.99. The van der Waals surface area contributed by atoms with E-state index in [1.807, 2.05) is 36.4 Å². The molecule has 2 aliphatic heterocycles. The van der Waals surface area contributed by atoms with Crippen LogP contribution < -0.4 is 15.1 Å². The van der Waals surface area contributed by atoms with E-state index in [1.165, 1.54) is 35.1 Å². The van der Waals surface area contributed by atoms with Gasteiger partial charge in [0.1, 0.15) is 17.6 Å². The molecule has 0 saturated carbocycles. The Balaban J connectivity index is 1.24. The maximum atomic E-state index is 13.8. The van der Waals surface area contributed by atoms with Gasteiger partial charge in [-0.05, 0) is 35.7 Å². The lowest BCUT2D eigenvalue weighted by Crippen LogP contribution is -2.32. The molecule has 3 atom stereocenters. The molecule has 0 bridgehead atoms. The molecule has 13 heteroatoms. The molecule has 0 unspecified atom stereocenters. The van der Waals surface area contributed by atoms with Gasteiger partial charge in [-0.1, -0.05) is 59.5 Å². The lowest BCUT2D eigenvalue weighted by Gasteiger charge is -2.29. The van der Waals surface area contributed by atoms with Crippen LogP contribution in [0.5, 0.6) is 0 Å². The Kier molecular flexibility index (Phi) is 6.47. The van der Waals surface area contributed by atoms with Crippen LogP contribution >= 0.6 is 23.1 Å². The Hall–Kier alpha value is -5.01. The number of hydrogen-bond acceptors (Lipinski definition) is 9. The molecule has 11 nitrogen and oxygen atoms in total. The van der Waals surface area contributed by atoms with Crippen LogP contribution in [-0.2, 0) is 20.9 Å². The normalized spacial score (nSPS) is 19.3. The Bertz CT molecular complexity index is 1990. The fraction of sp³-hybridized carbons (Fsp3) is 0.133. The number of thiazole rings is 1. The van der Waals surface area contributed by atoms with Crippen LogP contribution in [-0.4, -0.2) is 32.5 Å². The zero-order chi connectivity index (χ0) is 29.8. The fourth-order valence-corrected chi connectivity index (χ4v) is 8.43. The van der Waals surface area contributed by atoms with Crippen molar-refractivity contribution in [1.82, 2.24) is 4.57 Å². The van der Waals surface area contributed by atoms with E-state index in [9.17, 15) is 29.3 Å². The van der Waals surface area contributed by atoms with Gasteiger partial charge in [0.25, 0.3) is 5.69 Å². The molecule has 7 rings (SSSR count). The van der Waals surface area contributed by atoms with Gasteiger partial charge in [0, 0.05) is 23.2 Å². The molecule has 0 radical (unpaired) electrons. The molecule has 1 fully saturated rings. The van der Waals surface area contributed by atoms with Crippen molar-refractivity contribution >= 4 is 68.7 Å². The number of hydrogen-bond donors (Lipinski definition) is 1. The number of carbonyl (C=O) groups excluding carboxylic acids is 3. The zero-order valence-electron chi connectivity index (χ0n) is 22.0. The number of carbonyl (C=O) groups is 3. The van der Waals surface area contributed by atoms with Crippen LogP contribution in [0.15, 0.2) is 99.4 Å². The van der Waals surface area contributed by atoms with Crippen LogP contribution in [0.25, 0.3) is 10.8 Å². The van der Waals surface area contributed by atoms with Crippen LogP contribution in [0.4, 0.5) is 17.1 Å². The molecular formula is C30H20N4O7S2. The molecule has 3 aromatic carbocycles. The van der Waals surface area contributed by atoms with Gasteiger partial charge in [0.2, 0.25) is 17.7 Å². The summed E-state index contributed by atoms with van der Waals surface area (Å²) in [6, 6.07) is 21.7. The summed E-state index contributed by atoms with van der Waals surface area (Å²) in [5, 5.41) is 15.4. The van der Waals surface area contributed by atoms with Crippen LogP contribution in [0.2, 0.25) is 0 Å². The smallest absolute Gasteiger partial charge is 0.308 e. The second-order valence-corrected chi connectivity index (χ2v) is 12.2. The molecule has 0 aliphatic carbocycles. The highest BCUT2D eigenvalue weighted by atomic mass is 32.2. The average Bonchev–Trinajstić information content (AvgIpc) is 3.70. The Morgan fingerprint density at radius 1 is 0.953 bits per heavy atom. The van der Waals surface area contributed by atoms with Crippen molar-refractivity contribution in [2.45, 2.75) is 22.7 Å². The second-order valence-electron chi connectivity index (χ2n) is 10.0. The number of amides is 3. The van der Waals surface area contributed by atoms with Gasteiger partial charge in [0.15, 0.2) is 0 Å². The second kappa shape index (κ2) is 10.4. The van der Waals surface area contributed by atoms with E-state index in [1.54, 1.807) is 18.2 Å². The van der Waals surface area contributed by atoms with Gasteiger partial charge < -0.3 is 9.73 Å². The predicted molar refractivity (Wildman–Crippen MR) is 160 cm³/mol. The quantitative estimate of drug-likeness (QED) is 0.160. The number of fused-ring (bicyclic) bond motifs is 3. The van der Waals surface area contributed by atoms with Crippen molar-refractivity contribution in [3.63, 3.8) is 0 Å². The topological polar surface area (TPSA) is 145 Å². The molecule has 0 spiro atoms. The van der Waals surface area contributed by atoms with E-state index in [4.69, 9.17) is 4.42 Å². The summed E-state index contributed by atoms with van der Waals surface area (Å²) in [6.07, 6.45) is 1.46. The highest BCUT2D eigenvalue weighted by Gasteiger charge is 2.57. The summed E-state index contributed by atoms with van der Waals surface area (Å²) in [5.41, 5.74) is 0.650. The molecular weight excluding hydrogens is 592 g/mol. The summed E-state index contributed by atoms with van der Waals surface area (Å²) in [5.74, 6) is -2.64. The van der Waals surface area contributed by atoms with E-state index >= 15 is 0 Å². The van der Waals surface area contributed by atoms with Gasteiger partial charge in [0.05, 0.1) is 38.6 Å². The Morgan fingerprint density at radius 2 is 1.72 bits per heavy atom. The fourth-order valence-electron chi connectivity index (χ4n) is 5.68. The van der Waals surface area contributed by atoms with Crippen molar-refractivity contribution in [3.05, 3.63) is 116 Å². The van der Waals surface area contributed by atoms with Crippen LogP contribution in [0.1, 0.15) is 16.6 Å². The summed E-state index contributed by atoms with van der Waals surface area (Å²) in [4.78, 5) is 65.9. The molecule has 2 aromatic heterocycles. The first-order valence-electron chi connectivity index (χ1n) is 13.2. The van der Waals surface area contributed by atoms with Crippen molar-refractivity contribution in [3.8, 4) is 0 Å². The van der Waals surface area contributed by atoms with Gasteiger partial charge in [-0.3, -0.25) is 33.9 Å². The molecule has 1 N–H and O–H groups in total. The average molecular weight is 613 g/mol. The van der Waals surface area contributed by atoms with Crippen molar-refractivity contribution in [2.75, 3.05) is 10.2 Å². The maximum absolute atomic E-state index is 13.8. The monoisotopic (exact) mass is 612 g/mol. The van der Waals surface area contributed by atoms with E-state index in [2.05, 4.69) is 5.32 Å². The van der Waals surface area contributed by atoms with Crippen LogP contribution in [0, 0.1) is 16.0 Å². The minimum Gasteiger partial charge on any atom is -0.469 e. The highest BCUT2D eigenvalue weighted by Crippen LogP contribution is 2.54. The number of nitrogens with zero attached hydrogens (tertiary/aromatic N) is 3. The number of benzene rings is 3. The van der Waals surface area contributed by atoms with Gasteiger partial charge in [-0.15, -0.1) is 0 Å². The lowest BCUT2D eigenvalue weighted by atomic mass is 9.87. The SMILES string of the molecule is O=C(Cn1c2c(sc1=O)[C@@H](c1ccco1)[C@@H]1C(=O)N(c3ccc([N+](=O)[O-])cc3)C(=O)[C@@H]1S2)Nc1cccc2ccccc12. The van der Waals surface area contributed by atoms with E-state index < -0.39 is 44.6 Å². The number of aromatic nitrogens is 1. The van der Waals surface area contributed by atoms with Gasteiger partial charge >= 0.3 is 4.87 Å². The zero-order valence-corrected chi connectivity index (χ0v) is 23.7. The maximum Gasteiger partial charge on any atom is 0.308 e. The number of nitro groups is 1. The highest BCUT2D eigenvalue weighted by molar-refractivity contribution is 8.00. The molecule has 4 heterocycles. The first-order chi connectivity index (χ1) is 20.8. The third-order valence-corrected chi connectivity index (χ3v) is 10.2. The third kappa shape index (κ3) is 4.44. The van der Waals surface area contributed by atoms with E-state index in [0.717, 1.165) is 38.8 Å². The molecule has 43 heavy (non-hydrogen) atoms. The van der Waals surface area contributed by atoms with E-state index in [-0.39, 0.29) is 17.9 Å². The Labute approximate surface area is 250 Å². The number of imide groups is 1. The number of thioether (sulfide) groups is 1. The van der Waals surface area contributed by atoms with Crippen LogP contribution in [0.3, 0.4) is 0 Å². The predicted octanol–water partition coefficient (Wildman–Crippen LogP) is 5.00. The Morgan fingerprint density at radius 3 is 2.47 bits per heavy atom. The minimum atomic E-state index is -0.910. The number of non-ortho nitro benzene ring substituents is 1. The first-order valence-corrected chi connectivity index (χ1v) is 14.8. The summed E-state index contributed by atoms with van der Waals surface area (Å²) in [6.45, 7) is -0.294. The number of nitrogens with one attached hydrogen (secondary N) is 1. The first kappa shape index (κ1) is 26.9. The number of nitro benzene ring substituents is 1. The summed E-state index contributed by atoms with van der Waals surface area (Å²) < 4.78 is 7.04. The lowest BCUT2D eigenvalue weighted by molar-refractivity contribution is -0.384. The standard InChI is InChI=1S/C30H20N4O7S2/c35-22(31-20-8-3-6-16-5-1-2-7-19(16)20)15-32-29-26(43-30(32)38)23(21-9-4-14-41-21)24-25(42-29)28(37)33(27(24)36)17-10-12-18(13-11-17)34(39)40/h1-14,23-25H,15H2,(H,31,35)/t23-,24-,25+/m0/s1. The minimum absolute atomic E-state index is 0.170. The molecule has 5 aromatic rings. The third-order valence-electron chi connectivity index (χ3n) is 7.58. The van der Waals surface area contributed by atoms with Crippen molar-refractivity contribution in [1.29, 1.82) is 0 Å². The van der Waals surface area contributed by atoms with E-state index in [0.29, 0.717) is 21.4 Å². The number of anilines is 2.